The van der Waals surface area contributed by atoms with Crippen molar-refractivity contribution in [2.24, 2.45) is 4.99 Å². The Labute approximate surface area is 88.9 Å². The van der Waals surface area contributed by atoms with Gasteiger partial charge in [-0.05, 0) is 6.42 Å². The molecule has 0 N–H and O–H groups in total. The summed E-state index contributed by atoms with van der Waals surface area (Å²) in [5.41, 5.74) is 0. The Hall–Kier alpha value is -0.470. The number of hydrogen-bond donors (Lipinski definition) is 0. The van der Waals surface area contributed by atoms with Crippen molar-refractivity contribution in [3.8, 4) is 0 Å². The zero-order valence-corrected chi connectivity index (χ0v) is 9.32. The molecule has 0 heterocycles. The van der Waals surface area contributed by atoms with Gasteiger partial charge < -0.3 is 4.74 Å². The summed E-state index contributed by atoms with van der Waals surface area (Å²) >= 11 is 11.4. The summed E-state index contributed by atoms with van der Waals surface area (Å²) < 4.78 is 4.90. The topological polar surface area (TPSA) is 21.6 Å². The van der Waals surface area contributed by atoms with Crippen molar-refractivity contribution < 1.29 is 4.74 Å². The van der Waals surface area contributed by atoms with Gasteiger partial charge in [0.25, 0.3) is 0 Å². The van der Waals surface area contributed by atoms with Crippen molar-refractivity contribution in [3.05, 3.63) is 23.6 Å². The van der Waals surface area contributed by atoms with Crippen LogP contribution in [0.5, 0.6) is 0 Å². The zero-order chi connectivity index (χ0) is 10.3. The molecule has 0 amide bonds. The molecule has 0 bridgehead atoms. The van der Waals surface area contributed by atoms with Gasteiger partial charge >= 0.3 is 0 Å². The number of ether oxygens (including phenoxy) is 1. The molecule has 0 aliphatic rings. The molecule has 0 aromatic carbocycles. The van der Waals surface area contributed by atoms with Crippen LogP contribution in [0.3, 0.4) is 0 Å². The molecule has 0 radical (unpaired) electrons. The summed E-state index contributed by atoms with van der Waals surface area (Å²) in [6.45, 7) is 5.54. The van der Waals surface area contributed by atoms with Gasteiger partial charge in [0.05, 0.1) is 18.3 Å². The Morgan fingerprint density at radius 1 is 1.54 bits per heavy atom. The Morgan fingerprint density at radius 3 is 2.54 bits per heavy atom. The molecule has 0 rings (SSSR count). The molecule has 13 heavy (non-hydrogen) atoms. The third kappa shape index (κ3) is 5.72. The molecular formula is C9H13Cl2NO. The van der Waals surface area contributed by atoms with Crippen LogP contribution in [0, 0.1) is 0 Å². The van der Waals surface area contributed by atoms with Crippen LogP contribution in [0.15, 0.2) is 28.6 Å². The first-order chi connectivity index (χ1) is 6.11. The molecule has 2 nitrogen and oxygen atoms in total. The Bertz CT molecular complexity index is 234. The minimum atomic E-state index is 0.312. The van der Waals surface area contributed by atoms with Gasteiger partial charge in [-0.15, -0.1) is 0 Å². The van der Waals surface area contributed by atoms with Crippen LogP contribution >= 0.6 is 23.2 Å². The highest BCUT2D eigenvalue weighted by Gasteiger charge is 1.97. The molecule has 0 unspecified atom stereocenters. The average molecular weight is 222 g/mol. The molecule has 0 saturated heterocycles. The second kappa shape index (κ2) is 6.98. The lowest BCUT2D eigenvalue weighted by atomic mass is 10.4. The van der Waals surface area contributed by atoms with Crippen LogP contribution in [0.25, 0.3) is 0 Å². The van der Waals surface area contributed by atoms with E-state index in [1.165, 1.54) is 13.3 Å². The van der Waals surface area contributed by atoms with Crippen molar-refractivity contribution in [2.45, 2.75) is 19.8 Å². The van der Waals surface area contributed by atoms with Crippen LogP contribution in [-0.2, 0) is 4.74 Å². The van der Waals surface area contributed by atoms with Gasteiger partial charge in [-0.3, -0.25) is 0 Å². The van der Waals surface area contributed by atoms with Gasteiger partial charge in [-0.2, -0.15) is 0 Å². The maximum absolute atomic E-state index is 5.76. The van der Waals surface area contributed by atoms with E-state index in [1.807, 2.05) is 6.92 Å². The Kier molecular flexibility index (Phi) is 6.73. The van der Waals surface area contributed by atoms with Crippen LogP contribution in [0.4, 0.5) is 0 Å². The largest absolute Gasteiger partial charge is 0.494 e. The van der Waals surface area contributed by atoms with E-state index < -0.39 is 0 Å². The fourth-order valence-corrected chi connectivity index (χ4v) is 0.997. The van der Waals surface area contributed by atoms with E-state index >= 15 is 0 Å². The molecule has 74 valence electrons. The number of nitrogens with zero attached hydrogens (tertiary/aromatic N) is 1. The molecule has 0 aliphatic heterocycles. The lowest BCUT2D eigenvalue weighted by molar-refractivity contribution is 0.304. The van der Waals surface area contributed by atoms with E-state index in [0.717, 1.165) is 12.8 Å². The normalized spacial score (nSPS) is 12.9. The fraction of sp³-hybridized carbons (Fsp3) is 0.444. The van der Waals surface area contributed by atoms with Crippen molar-refractivity contribution in [3.63, 3.8) is 0 Å². The van der Waals surface area contributed by atoms with Crippen LogP contribution in [0.1, 0.15) is 19.8 Å². The number of rotatable bonds is 5. The number of aliphatic imine (C=N–C) groups is 1. The Morgan fingerprint density at radius 2 is 2.15 bits per heavy atom. The highest BCUT2D eigenvalue weighted by molar-refractivity contribution is 6.65. The van der Waals surface area contributed by atoms with E-state index in [4.69, 9.17) is 27.9 Å². The number of allylic oxidation sites excluding steroid dienone is 1. The summed E-state index contributed by atoms with van der Waals surface area (Å²) in [6.07, 6.45) is 3.18. The van der Waals surface area contributed by atoms with Crippen LogP contribution in [-0.4, -0.2) is 12.3 Å². The summed E-state index contributed by atoms with van der Waals surface area (Å²) in [7, 11) is 1.50. The van der Waals surface area contributed by atoms with E-state index in [-0.39, 0.29) is 0 Å². The molecule has 0 aliphatic carbocycles. The van der Waals surface area contributed by atoms with E-state index in [0.29, 0.717) is 16.0 Å². The monoisotopic (exact) mass is 221 g/mol. The van der Waals surface area contributed by atoms with Crippen molar-refractivity contribution >= 4 is 28.4 Å². The maximum atomic E-state index is 5.76. The lowest BCUT2D eigenvalue weighted by Crippen LogP contribution is -1.87. The van der Waals surface area contributed by atoms with Crippen molar-refractivity contribution in [2.75, 3.05) is 7.11 Å². The standard InChI is InChI=1S/C9H13Cl2NO/c1-4-5-9(11)12-6-8(13-3)7(2)10/h6H,2,4-5H2,1,3H3/b8-6+,12-9?. The lowest BCUT2D eigenvalue weighted by Gasteiger charge is -2.00. The summed E-state index contributed by atoms with van der Waals surface area (Å²) in [4.78, 5) is 3.96. The van der Waals surface area contributed by atoms with E-state index in [2.05, 4.69) is 11.6 Å². The fourth-order valence-electron chi connectivity index (χ4n) is 0.633. The molecule has 0 saturated carbocycles. The molecule has 0 fully saturated rings. The second-order valence-corrected chi connectivity index (χ2v) is 3.25. The second-order valence-electron chi connectivity index (χ2n) is 2.36. The van der Waals surface area contributed by atoms with Gasteiger partial charge in [0, 0.05) is 6.42 Å². The smallest absolute Gasteiger partial charge is 0.155 e. The molecule has 0 aromatic heterocycles. The highest BCUT2D eigenvalue weighted by Crippen LogP contribution is 2.12. The molecule has 0 aromatic rings. The van der Waals surface area contributed by atoms with Gasteiger partial charge in [0.2, 0.25) is 0 Å². The first kappa shape index (κ1) is 12.5. The first-order valence-electron chi connectivity index (χ1n) is 3.93. The minimum absolute atomic E-state index is 0.312. The SMILES string of the molecule is C=C(Cl)/C(=C\N=C(Cl)CCC)OC. The van der Waals surface area contributed by atoms with Crippen molar-refractivity contribution in [1.82, 2.24) is 0 Å². The van der Waals surface area contributed by atoms with Gasteiger partial charge in [-0.1, -0.05) is 36.7 Å². The zero-order valence-electron chi connectivity index (χ0n) is 7.81. The maximum Gasteiger partial charge on any atom is 0.155 e. The molecular weight excluding hydrogens is 209 g/mol. The number of methoxy groups -OCH3 is 1. The van der Waals surface area contributed by atoms with Gasteiger partial charge in [0.1, 0.15) is 5.17 Å². The van der Waals surface area contributed by atoms with E-state index in [9.17, 15) is 0 Å². The first-order valence-corrected chi connectivity index (χ1v) is 4.68. The predicted molar refractivity (Wildman–Crippen MR) is 58.3 cm³/mol. The molecule has 0 atom stereocenters. The van der Waals surface area contributed by atoms with E-state index in [1.54, 1.807) is 0 Å². The third-order valence-electron chi connectivity index (χ3n) is 1.27. The molecule has 0 spiro atoms. The number of hydrogen-bond acceptors (Lipinski definition) is 2. The van der Waals surface area contributed by atoms with Crippen LogP contribution < -0.4 is 0 Å². The summed E-state index contributed by atoms with van der Waals surface area (Å²) in [5.74, 6) is 0.427. The predicted octanol–water partition coefficient (Wildman–Crippen LogP) is 3.66. The number of halogens is 2. The molecule has 4 heteroatoms. The van der Waals surface area contributed by atoms with Crippen LogP contribution in [0.2, 0.25) is 0 Å². The quantitative estimate of drug-likeness (QED) is 0.395. The third-order valence-corrected chi connectivity index (χ3v) is 1.74. The average Bonchev–Trinajstić information content (AvgIpc) is 2.05. The van der Waals surface area contributed by atoms with Crippen molar-refractivity contribution in [1.29, 1.82) is 0 Å². The highest BCUT2D eigenvalue weighted by atomic mass is 35.5. The van der Waals surface area contributed by atoms with Gasteiger partial charge in [-0.25, -0.2) is 4.99 Å². The van der Waals surface area contributed by atoms with Gasteiger partial charge in [0.15, 0.2) is 5.76 Å². The summed E-state index contributed by atoms with van der Waals surface area (Å²) in [5, 5.41) is 0.849. The summed E-state index contributed by atoms with van der Waals surface area (Å²) in [6, 6.07) is 0. The Balaban J connectivity index is 4.35. The minimum Gasteiger partial charge on any atom is -0.494 e.